The number of carbonyl (C=O) groups excluding carboxylic acids is 1. The third-order valence-corrected chi connectivity index (χ3v) is 5.13. The van der Waals surface area contributed by atoms with Gasteiger partial charge in [0.15, 0.2) is 0 Å². The number of phenols is 1. The fourth-order valence-corrected chi connectivity index (χ4v) is 3.81. The van der Waals surface area contributed by atoms with Gasteiger partial charge in [0.2, 0.25) is 0 Å². The molecular formula is C19H17NO5. The summed E-state index contributed by atoms with van der Waals surface area (Å²) < 4.78 is 5.70. The number of para-hydroxylation sites is 1. The molecule has 0 unspecified atom stereocenters. The number of amides is 1. The lowest BCUT2D eigenvalue weighted by atomic mass is 9.73. The Kier molecular flexibility index (Phi) is 3.42. The molecule has 2 aromatic rings. The second-order valence-electron chi connectivity index (χ2n) is 6.58. The molecule has 0 aliphatic carbocycles. The van der Waals surface area contributed by atoms with Gasteiger partial charge in [-0.25, -0.2) is 0 Å². The number of ether oxygens (including phenoxy) is 1. The van der Waals surface area contributed by atoms with E-state index in [1.807, 2.05) is 24.3 Å². The predicted octanol–water partition coefficient (Wildman–Crippen LogP) is 2.10. The first kappa shape index (κ1) is 15.5. The number of aromatic hydroxyl groups is 1. The lowest BCUT2D eigenvalue weighted by Gasteiger charge is -2.35. The zero-order valence-corrected chi connectivity index (χ0v) is 13.4. The second kappa shape index (κ2) is 5.51. The second-order valence-corrected chi connectivity index (χ2v) is 6.58. The van der Waals surface area contributed by atoms with Crippen molar-refractivity contribution >= 4 is 11.9 Å². The summed E-state index contributed by atoms with van der Waals surface area (Å²) >= 11 is 0. The molecule has 1 fully saturated rings. The highest BCUT2D eigenvalue weighted by atomic mass is 16.5. The molecule has 0 saturated carbocycles. The molecule has 128 valence electrons. The van der Waals surface area contributed by atoms with Crippen molar-refractivity contribution in [3.63, 3.8) is 0 Å². The number of nitrogens with zero attached hydrogens (tertiary/aromatic N) is 1. The lowest BCUT2D eigenvalue weighted by molar-refractivity contribution is -0.151. The van der Waals surface area contributed by atoms with Crippen molar-refractivity contribution in [3.05, 3.63) is 59.7 Å². The zero-order valence-electron chi connectivity index (χ0n) is 13.4. The van der Waals surface area contributed by atoms with Gasteiger partial charge in [0, 0.05) is 30.1 Å². The van der Waals surface area contributed by atoms with E-state index in [0.29, 0.717) is 17.9 Å². The summed E-state index contributed by atoms with van der Waals surface area (Å²) in [5.41, 5.74) is 0.0108. The van der Waals surface area contributed by atoms with Crippen LogP contribution in [0, 0.1) is 5.41 Å². The van der Waals surface area contributed by atoms with Gasteiger partial charge in [-0.2, -0.15) is 0 Å². The molecule has 1 saturated heterocycles. The first-order valence-corrected chi connectivity index (χ1v) is 8.05. The molecule has 1 amide bonds. The van der Waals surface area contributed by atoms with Crippen LogP contribution in [0.5, 0.6) is 11.5 Å². The fourth-order valence-electron chi connectivity index (χ4n) is 3.81. The van der Waals surface area contributed by atoms with Gasteiger partial charge in [0.1, 0.15) is 23.5 Å². The van der Waals surface area contributed by atoms with Crippen LogP contribution in [0.15, 0.2) is 48.5 Å². The highest BCUT2D eigenvalue weighted by Crippen LogP contribution is 2.49. The molecule has 0 spiro atoms. The Morgan fingerprint density at radius 1 is 1.16 bits per heavy atom. The molecule has 2 N–H and O–H groups in total. The Balaban J connectivity index is 1.71. The molecule has 2 aromatic carbocycles. The Hall–Kier alpha value is -3.02. The highest BCUT2D eigenvalue weighted by Gasteiger charge is 2.57. The molecule has 0 radical (unpaired) electrons. The van der Waals surface area contributed by atoms with Crippen molar-refractivity contribution < 1.29 is 24.5 Å². The minimum atomic E-state index is -1.15. The third-order valence-electron chi connectivity index (χ3n) is 5.13. The minimum absolute atomic E-state index is 0.00379. The van der Waals surface area contributed by atoms with E-state index in [0.717, 1.165) is 5.56 Å². The van der Waals surface area contributed by atoms with E-state index < -0.39 is 11.4 Å². The molecule has 25 heavy (non-hydrogen) atoms. The van der Waals surface area contributed by atoms with Crippen LogP contribution in [0.25, 0.3) is 0 Å². The summed E-state index contributed by atoms with van der Waals surface area (Å²) in [5, 5.41) is 19.5. The molecule has 0 aromatic heterocycles. The Bertz CT molecular complexity index is 864. The van der Waals surface area contributed by atoms with E-state index >= 15 is 0 Å². The van der Waals surface area contributed by atoms with Crippen molar-refractivity contribution in [1.82, 2.24) is 4.90 Å². The van der Waals surface area contributed by atoms with E-state index in [1.165, 1.54) is 12.1 Å². The summed E-state index contributed by atoms with van der Waals surface area (Å²) in [6, 6.07) is 13.5. The van der Waals surface area contributed by atoms with Gasteiger partial charge in [-0.3, -0.25) is 9.59 Å². The van der Waals surface area contributed by atoms with E-state index in [4.69, 9.17) is 4.74 Å². The van der Waals surface area contributed by atoms with Crippen molar-refractivity contribution in [1.29, 1.82) is 0 Å². The average Bonchev–Trinajstić information content (AvgIpc) is 3.03. The number of carboxylic acids is 1. The van der Waals surface area contributed by atoms with Crippen molar-refractivity contribution in [2.75, 3.05) is 19.7 Å². The smallest absolute Gasteiger partial charge is 0.315 e. The van der Waals surface area contributed by atoms with E-state index in [-0.39, 0.29) is 30.7 Å². The average molecular weight is 339 g/mol. The van der Waals surface area contributed by atoms with Crippen molar-refractivity contribution in [3.8, 4) is 11.5 Å². The number of aliphatic carboxylic acids is 1. The van der Waals surface area contributed by atoms with Gasteiger partial charge in [0.25, 0.3) is 5.91 Å². The number of rotatable bonds is 2. The molecule has 2 atom stereocenters. The molecule has 2 aliphatic heterocycles. The predicted molar refractivity (Wildman–Crippen MR) is 88.8 cm³/mol. The number of phenolic OH excluding ortho intramolecular Hbond substituents is 1. The maximum atomic E-state index is 12.8. The van der Waals surface area contributed by atoms with Crippen LogP contribution in [0.2, 0.25) is 0 Å². The van der Waals surface area contributed by atoms with Crippen LogP contribution < -0.4 is 4.74 Å². The minimum Gasteiger partial charge on any atom is -0.508 e. The third kappa shape index (κ3) is 2.33. The summed E-state index contributed by atoms with van der Waals surface area (Å²) in [5.74, 6) is -0.891. The maximum absolute atomic E-state index is 12.8. The van der Waals surface area contributed by atoms with Gasteiger partial charge >= 0.3 is 5.97 Å². The SMILES string of the molecule is O=C(c1cccc(O)c1)N1C[C@H]2c3ccccc3OC[C@@]2(C(=O)O)C1. The van der Waals surface area contributed by atoms with Gasteiger partial charge in [-0.15, -0.1) is 0 Å². The number of hydrogen-bond acceptors (Lipinski definition) is 4. The van der Waals surface area contributed by atoms with Gasteiger partial charge in [-0.1, -0.05) is 24.3 Å². The molecule has 6 nitrogen and oxygen atoms in total. The highest BCUT2D eigenvalue weighted by molar-refractivity contribution is 5.95. The monoisotopic (exact) mass is 339 g/mol. The van der Waals surface area contributed by atoms with Crippen LogP contribution in [0.4, 0.5) is 0 Å². The van der Waals surface area contributed by atoms with E-state index in [2.05, 4.69) is 0 Å². The Morgan fingerprint density at radius 3 is 2.72 bits per heavy atom. The normalized spacial score (nSPS) is 24.2. The van der Waals surface area contributed by atoms with Crippen LogP contribution in [-0.2, 0) is 4.79 Å². The summed E-state index contributed by atoms with van der Waals surface area (Å²) in [4.78, 5) is 26.4. The fraction of sp³-hybridized carbons (Fsp3) is 0.263. The summed E-state index contributed by atoms with van der Waals surface area (Å²) in [7, 11) is 0. The van der Waals surface area contributed by atoms with Crippen LogP contribution >= 0.6 is 0 Å². The van der Waals surface area contributed by atoms with Gasteiger partial charge in [-0.05, 0) is 24.3 Å². The standard InChI is InChI=1S/C19H17NO5/c21-13-5-3-4-12(8-13)17(22)20-9-15-14-6-1-2-7-16(14)25-11-19(15,10-20)18(23)24/h1-8,15,21H,9-11H2,(H,23,24)/t15-,19-/m0/s1. The first-order valence-electron chi connectivity index (χ1n) is 8.05. The number of benzene rings is 2. The number of hydrogen-bond donors (Lipinski definition) is 2. The van der Waals surface area contributed by atoms with Crippen LogP contribution in [0.3, 0.4) is 0 Å². The van der Waals surface area contributed by atoms with Gasteiger partial charge < -0.3 is 19.8 Å². The number of carboxylic acid groups (broad SMARTS) is 1. The molecule has 2 aliphatic rings. The molecule has 6 heteroatoms. The summed E-state index contributed by atoms with van der Waals surface area (Å²) in [6.07, 6.45) is 0. The number of fused-ring (bicyclic) bond motifs is 3. The molecule has 2 heterocycles. The van der Waals surface area contributed by atoms with Crippen molar-refractivity contribution in [2.24, 2.45) is 5.41 Å². The van der Waals surface area contributed by atoms with Crippen LogP contribution in [0.1, 0.15) is 21.8 Å². The molecule has 0 bridgehead atoms. The Morgan fingerprint density at radius 2 is 1.96 bits per heavy atom. The van der Waals surface area contributed by atoms with Crippen molar-refractivity contribution in [2.45, 2.75) is 5.92 Å². The van der Waals surface area contributed by atoms with E-state index in [1.54, 1.807) is 17.0 Å². The lowest BCUT2D eigenvalue weighted by Crippen LogP contribution is -2.46. The zero-order chi connectivity index (χ0) is 17.6. The molecule has 4 rings (SSSR count). The topological polar surface area (TPSA) is 87.1 Å². The van der Waals surface area contributed by atoms with E-state index in [9.17, 15) is 19.8 Å². The number of likely N-dealkylation sites (tertiary alicyclic amines) is 1. The summed E-state index contributed by atoms with van der Waals surface area (Å²) in [6.45, 7) is 0.421. The largest absolute Gasteiger partial charge is 0.508 e. The molecular weight excluding hydrogens is 322 g/mol. The quantitative estimate of drug-likeness (QED) is 0.875. The number of carbonyl (C=O) groups is 2. The van der Waals surface area contributed by atoms with Crippen LogP contribution in [-0.4, -0.2) is 46.7 Å². The Labute approximate surface area is 144 Å². The maximum Gasteiger partial charge on any atom is 0.315 e. The van der Waals surface area contributed by atoms with Gasteiger partial charge in [0.05, 0.1) is 0 Å². The first-order chi connectivity index (χ1) is 12.0.